The van der Waals surface area contributed by atoms with Gasteiger partial charge in [-0.05, 0) is 59.1 Å². The van der Waals surface area contributed by atoms with Gasteiger partial charge in [0.2, 0.25) is 10.0 Å². The lowest BCUT2D eigenvalue weighted by atomic mass is 10.2. The number of amides is 1. The van der Waals surface area contributed by atoms with Gasteiger partial charge < -0.3 is 15.2 Å². The van der Waals surface area contributed by atoms with Gasteiger partial charge in [0, 0.05) is 26.2 Å². The first kappa shape index (κ1) is 23.4. The Labute approximate surface area is 162 Å². The standard InChI is InChI=1S/C19H32N2O5S/c1-16-8-10-17(11-9-16)27(24,25)21(14-7-15-22)13-6-5-12-20-18(23)26-19(2,3)4/h8-11,22H,5-7,12-15H2,1-4H3,(H,20,23). The van der Waals surface area contributed by atoms with Crippen LogP contribution in [0.5, 0.6) is 0 Å². The van der Waals surface area contributed by atoms with Crippen molar-refractivity contribution in [1.82, 2.24) is 9.62 Å². The highest BCUT2D eigenvalue weighted by Gasteiger charge is 2.23. The molecule has 0 aromatic heterocycles. The summed E-state index contributed by atoms with van der Waals surface area (Å²) in [6.07, 6.45) is 1.11. The van der Waals surface area contributed by atoms with E-state index in [1.165, 1.54) is 4.31 Å². The van der Waals surface area contributed by atoms with Crippen LogP contribution in [0.4, 0.5) is 4.79 Å². The summed E-state index contributed by atoms with van der Waals surface area (Å²) < 4.78 is 32.2. The number of ether oxygens (including phenoxy) is 1. The van der Waals surface area contributed by atoms with Gasteiger partial charge in [0.15, 0.2) is 0 Å². The summed E-state index contributed by atoms with van der Waals surface area (Å²) in [7, 11) is -3.61. The molecule has 0 spiro atoms. The fraction of sp³-hybridized carbons (Fsp3) is 0.632. The maximum Gasteiger partial charge on any atom is 0.407 e. The van der Waals surface area contributed by atoms with Crippen molar-refractivity contribution in [1.29, 1.82) is 0 Å². The SMILES string of the molecule is Cc1ccc(S(=O)(=O)N(CCCO)CCCCNC(=O)OC(C)(C)C)cc1. The number of benzene rings is 1. The van der Waals surface area contributed by atoms with Gasteiger partial charge in [-0.2, -0.15) is 4.31 Å². The number of nitrogens with one attached hydrogen (secondary N) is 1. The Kier molecular flexibility index (Phi) is 9.21. The Balaban J connectivity index is 2.57. The number of aliphatic hydroxyl groups is 1. The maximum absolute atomic E-state index is 12.8. The number of sulfonamides is 1. The highest BCUT2D eigenvalue weighted by molar-refractivity contribution is 7.89. The molecule has 1 amide bonds. The van der Waals surface area contributed by atoms with Crippen molar-refractivity contribution in [2.45, 2.75) is 57.5 Å². The van der Waals surface area contributed by atoms with E-state index < -0.39 is 21.7 Å². The summed E-state index contributed by atoms with van der Waals surface area (Å²) in [6.45, 7) is 8.20. The largest absolute Gasteiger partial charge is 0.444 e. The van der Waals surface area contributed by atoms with Gasteiger partial charge in [-0.25, -0.2) is 13.2 Å². The fourth-order valence-electron chi connectivity index (χ4n) is 2.38. The summed E-state index contributed by atoms with van der Waals surface area (Å²) in [5.41, 5.74) is 0.442. The van der Waals surface area contributed by atoms with Crippen molar-refractivity contribution < 1.29 is 23.1 Å². The number of hydrogen-bond acceptors (Lipinski definition) is 5. The zero-order valence-electron chi connectivity index (χ0n) is 16.7. The average Bonchev–Trinajstić information content (AvgIpc) is 2.55. The Morgan fingerprint density at radius 2 is 1.70 bits per heavy atom. The lowest BCUT2D eigenvalue weighted by Crippen LogP contribution is -2.35. The van der Waals surface area contributed by atoms with Crippen LogP contribution in [-0.2, 0) is 14.8 Å². The summed E-state index contributed by atoms with van der Waals surface area (Å²) in [5.74, 6) is 0. The van der Waals surface area contributed by atoms with E-state index >= 15 is 0 Å². The van der Waals surface area contributed by atoms with Crippen LogP contribution < -0.4 is 5.32 Å². The Morgan fingerprint density at radius 3 is 2.26 bits per heavy atom. The number of alkyl carbamates (subject to hydrolysis) is 1. The minimum Gasteiger partial charge on any atom is -0.444 e. The molecule has 0 saturated carbocycles. The normalized spacial score (nSPS) is 12.2. The molecule has 0 atom stereocenters. The van der Waals surface area contributed by atoms with Crippen molar-refractivity contribution in [2.24, 2.45) is 0 Å². The van der Waals surface area contributed by atoms with E-state index in [0.717, 1.165) is 5.56 Å². The lowest BCUT2D eigenvalue weighted by Gasteiger charge is -2.22. The highest BCUT2D eigenvalue weighted by atomic mass is 32.2. The summed E-state index contributed by atoms with van der Waals surface area (Å²) >= 11 is 0. The molecule has 0 bridgehead atoms. The van der Waals surface area contributed by atoms with Gasteiger partial charge >= 0.3 is 6.09 Å². The van der Waals surface area contributed by atoms with Gasteiger partial charge in [-0.3, -0.25) is 0 Å². The van der Waals surface area contributed by atoms with Crippen molar-refractivity contribution in [3.8, 4) is 0 Å². The third-order valence-electron chi connectivity index (χ3n) is 3.73. The predicted octanol–water partition coefficient (Wildman–Crippen LogP) is 2.67. The van der Waals surface area contributed by atoms with Crippen LogP contribution in [0.2, 0.25) is 0 Å². The summed E-state index contributed by atoms with van der Waals surface area (Å²) in [6, 6.07) is 6.73. The van der Waals surface area contributed by atoms with Crippen molar-refractivity contribution in [2.75, 3.05) is 26.2 Å². The summed E-state index contributed by atoms with van der Waals surface area (Å²) in [4.78, 5) is 11.8. The second kappa shape index (κ2) is 10.6. The lowest BCUT2D eigenvalue weighted by molar-refractivity contribution is 0.0526. The molecule has 0 radical (unpaired) electrons. The molecule has 0 saturated heterocycles. The Morgan fingerprint density at radius 1 is 1.11 bits per heavy atom. The van der Waals surface area contributed by atoms with Crippen LogP contribution in [0.25, 0.3) is 0 Å². The Bertz CT molecular complexity index is 681. The molecule has 27 heavy (non-hydrogen) atoms. The second-order valence-corrected chi connectivity index (χ2v) is 9.37. The van der Waals surface area contributed by atoms with Crippen molar-refractivity contribution in [3.05, 3.63) is 29.8 Å². The van der Waals surface area contributed by atoms with E-state index in [-0.39, 0.29) is 18.0 Å². The third-order valence-corrected chi connectivity index (χ3v) is 5.64. The van der Waals surface area contributed by atoms with Gasteiger partial charge in [-0.1, -0.05) is 17.7 Å². The zero-order chi connectivity index (χ0) is 20.5. The quantitative estimate of drug-likeness (QED) is 0.589. The molecule has 7 nitrogen and oxygen atoms in total. The monoisotopic (exact) mass is 400 g/mol. The molecule has 0 unspecified atom stereocenters. The maximum atomic E-state index is 12.8. The molecule has 0 aliphatic carbocycles. The number of aryl methyl sites for hydroxylation is 1. The molecule has 1 rings (SSSR count). The molecule has 1 aromatic rings. The minimum absolute atomic E-state index is 0.0693. The molecule has 1 aromatic carbocycles. The van der Waals surface area contributed by atoms with Gasteiger partial charge in [-0.15, -0.1) is 0 Å². The van der Waals surface area contributed by atoms with E-state index in [0.29, 0.717) is 32.4 Å². The average molecular weight is 401 g/mol. The number of unbranched alkanes of at least 4 members (excludes halogenated alkanes) is 1. The molecular formula is C19H32N2O5S. The third kappa shape index (κ3) is 8.73. The number of carbonyl (C=O) groups is 1. The first-order chi connectivity index (χ1) is 12.6. The molecule has 0 aliphatic rings. The first-order valence-electron chi connectivity index (χ1n) is 9.21. The van der Waals surface area contributed by atoms with E-state index in [9.17, 15) is 13.2 Å². The van der Waals surface area contributed by atoms with Gasteiger partial charge in [0.25, 0.3) is 0 Å². The van der Waals surface area contributed by atoms with Gasteiger partial charge in [0.1, 0.15) is 5.60 Å². The summed E-state index contributed by atoms with van der Waals surface area (Å²) in [5, 5.41) is 11.7. The number of rotatable bonds is 10. The molecule has 154 valence electrons. The van der Waals surface area contributed by atoms with Crippen LogP contribution in [0.3, 0.4) is 0 Å². The number of aliphatic hydroxyl groups excluding tert-OH is 1. The molecule has 0 aliphatic heterocycles. The van der Waals surface area contributed by atoms with E-state index in [1.54, 1.807) is 45.0 Å². The molecule has 0 heterocycles. The topological polar surface area (TPSA) is 95.9 Å². The van der Waals surface area contributed by atoms with Gasteiger partial charge in [0.05, 0.1) is 4.90 Å². The highest BCUT2D eigenvalue weighted by Crippen LogP contribution is 2.17. The minimum atomic E-state index is -3.61. The molecular weight excluding hydrogens is 368 g/mol. The Hall–Kier alpha value is -1.64. The molecule has 0 fully saturated rings. The fourth-order valence-corrected chi connectivity index (χ4v) is 3.89. The predicted molar refractivity (Wildman–Crippen MR) is 105 cm³/mol. The van der Waals surface area contributed by atoms with Crippen molar-refractivity contribution in [3.63, 3.8) is 0 Å². The second-order valence-electron chi connectivity index (χ2n) is 7.43. The number of nitrogens with zero attached hydrogens (tertiary/aromatic N) is 1. The number of carbonyl (C=O) groups excluding carboxylic acids is 1. The van der Waals surface area contributed by atoms with Crippen LogP contribution in [0.1, 0.15) is 45.6 Å². The van der Waals surface area contributed by atoms with Crippen LogP contribution in [-0.4, -0.2) is 55.8 Å². The van der Waals surface area contributed by atoms with Crippen LogP contribution in [0.15, 0.2) is 29.2 Å². The van der Waals surface area contributed by atoms with Crippen LogP contribution >= 0.6 is 0 Å². The van der Waals surface area contributed by atoms with E-state index in [1.807, 2.05) is 6.92 Å². The first-order valence-corrected chi connectivity index (χ1v) is 10.6. The molecule has 8 heteroatoms. The smallest absolute Gasteiger partial charge is 0.407 e. The molecule has 2 N–H and O–H groups in total. The van der Waals surface area contributed by atoms with E-state index in [4.69, 9.17) is 9.84 Å². The van der Waals surface area contributed by atoms with Crippen molar-refractivity contribution >= 4 is 16.1 Å². The zero-order valence-corrected chi connectivity index (χ0v) is 17.5. The number of hydrogen-bond donors (Lipinski definition) is 2. The van der Waals surface area contributed by atoms with Crippen LogP contribution in [0, 0.1) is 6.92 Å². The van der Waals surface area contributed by atoms with E-state index in [2.05, 4.69) is 5.32 Å².